The number of para-hydroxylation sites is 1. The molecule has 2 N–H and O–H groups in total. The number of fused-ring (bicyclic) bond motifs is 2. The van der Waals surface area contributed by atoms with Crippen LogP contribution in [0, 0.1) is 0 Å². The lowest BCUT2D eigenvalue weighted by molar-refractivity contribution is -0.133. The molecule has 26 heavy (non-hydrogen) atoms. The standard InChI is InChI=1S/C19H16O7/c1-23-12-5-3-2-4-10(12)17-11-6-14-15(25-9-24-14)7-13(11)26-16(8-20)18(17)19(21)22/h2-7,17,20H,8-9H2,1H3,(H,21,22)/t17-/m1/s1. The number of carbonyl (C=O) groups is 1. The minimum atomic E-state index is -1.17. The maximum Gasteiger partial charge on any atom is 0.336 e. The second-order valence-corrected chi connectivity index (χ2v) is 5.82. The highest BCUT2D eigenvalue weighted by atomic mass is 16.7. The zero-order chi connectivity index (χ0) is 18.3. The molecule has 7 heteroatoms. The van der Waals surface area contributed by atoms with Crippen molar-refractivity contribution >= 4 is 5.97 Å². The normalized spacial score (nSPS) is 17.5. The molecule has 0 radical (unpaired) electrons. The Hall–Kier alpha value is -3.19. The van der Waals surface area contributed by atoms with Crippen molar-refractivity contribution in [1.29, 1.82) is 0 Å². The van der Waals surface area contributed by atoms with E-state index in [4.69, 9.17) is 18.9 Å². The summed E-state index contributed by atoms with van der Waals surface area (Å²) in [7, 11) is 1.52. The second kappa shape index (κ2) is 6.27. The summed E-state index contributed by atoms with van der Waals surface area (Å²) < 4.78 is 21.9. The molecule has 0 bridgehead atoms. The van der Waals surface area contributed by atoms with E-state index in [1.54, 1.807) is 36.4 Å². The summed E-state index contributed by atoms with van der Waals surface area (Å²) in [6.07, 6.45) is 0. The summed E-state index contributed by atoms with van der Waals surface area (Å²) in [5, 5.41) is 19.5. The Kier molecular flexibility index (Phi) is 3.93. The third-order valence-electron chi connectivity index (χ3n) is 4.46. The molecule has 0 unspecified atom stereocenters. The smallest absolute Gasteiger partial charge is 0.336 e. The number of hydrogen-bond donors (Lipinski definition) is 2. The van der Waals surface area contributed by atoms with Crippen LogP contribution >= 0.6 is 0 Å². The van der Waals surface area contributed by atoms with Crippen LogP contribution in [0.25, 0.3) is 0 Å². The first-order valence-electron chi connectivity index (χ1n) is 7.95. The number of hydrogen-bond acceptors (Lipinski definition) is 6. The van der Waals surface area contributed by atoms with Gasteiger partial charge >= 0.3 is 5.97 Å². The van der Waals surface area contributed by atoms with Crippen molar-refractivity contribution in [3.8, 4) is 23.0 Å². The van der Waals surface area contributed by atoms with E-state index in [2.05, 4.69) is 0 Å². The van der Waals surface area contributed by atoms with Crippen molar-refractivity contribution in [3.63, 3.8) is 0 Å². The molecular weight excluding hydrogens is 340 g/mol. The molecular formula is C19H16O7. The fraction of sp³-hybridized carbons (Fsp3) is 0.211. The van der Waals surface area contributed by atoms with Crippen LogP contribution in [0.4, 0.5) is 0 Å². The number of aliphatic hydroxyl groups excluding tert-OH is 1. The molecule has 0 saturated carbocycles. The zero-order valence-electron chi connectivity index (χ0n) is 13.9. The first-order chi connectivity index (χ1) is 12.6. The van der Waals surface area contributed by atoms with Crippen LogP contribution in [-0.4, -0.2) is 36.7 Å². The monoisotopic (exact) mass is 356 g/mol. The van der Waals surface area contributed by atoms with Crippen molar-refractivity contribution in [3.05, 3.63) is 58.9 Å². The highest BCUT2D eigenvalue weighted by Crippen LogP contribution is 2.50. The van der Waals surface area contributed by atoms with Crippen LogP contribution in [-0.2, 0) is 4.79 Å². The molecule has 2 aliphatic heterocycles. The summed E-state index contributed by atoms with van der Waals surface area (Å²) in [5.74, 6) is 0.110. The molecule has 2 aliphatic rings. The van der Waals surface area contributed by atoms with Crippen LogP contribution in [0.2, 0.25) is 0 Å². The molecule has 0 spiro atoms. The van der Waals surface area contributed by atoms with Gasteiger partial charge in [-0.2, -0.15) is 0 Å². The number of carboxylic acids is 1. The number of carboxylic acid groups (broad SMARTS) is 1. The second-order valence-electron chi connectivity index (χ2n) is 5.82. The van der Waals surface area contributed by atoms with Crippen LogP contribution in [0.5, 0.6) is 23.0 Å². The van der Waals surface area contributed by atoms with E-state index in [1.165, 1.54) is 7.11 Å². The van der Waals surface area contributed by atoms with Crippen LogP contribution in [0.15, 0.2) is 47.7 Å². The van der Waals surface area contributed by atoms with Gasteiger partial charge in [-0.05, 0) is 12.1 Å². The topological polar surface area (TPSA) is 94.5 Å². The Morgan fingerprint density at radius 1 is 1.15 bits per heavy atom. The number of aliphatic carboxylic acids is 1. The first kappa shape index (κ1) is 16.3. The van der Waals surface area contributed by atoms with Gasteiger partial charge in [0.05, 0.1) is 18.6 Å². The Bertz CT molecular complexity index is 916. The Morgan fingerprint density at radius 2 is 1.88 bits per heavy atom. The summed E-state index contributed by atoms with van der Waals surface area (Å²) >= 11 is 0. The van der Waals surface area contributed by atoms with Gasteiger partial charge in [-0.3, -0.25) is 0 Å². The van der Waals surface area contributed by atoms with E-state index in [-0.39, 0.29) is 18.1 Å². The van der Waals surface area contributed by atoms with Gasteiger partial charge in [-0.25, -0.2) is 4.79 Å². The lowest BCUT2D eigenvalue weighted by atomic mass is 9.81. The van der Waals surface area contributed by atoms with Crippen LogP contribution in [0.3, 0.4) is 0 Å². The van der Waals surface area contributed by atoms with Gasteiger partial charge in [0, 0.05) is 17.2 Å². The number of aliphatic hydroxyl groups is 1. The van der Waals surface area contributed by atoms with E-state index in [1.807, 2.05) is 0 Å². The quantitative estimate of drug-likeness (QED) is 0.868. The molecule has 2 heterocycles. The largest absolute Gasteiger partial charge is 0.496 e. The van der Waals surface area contributed by atoms with Crippen LogP contribution in [0.1, 0.15) is 17.0 Å². The van der Waals surface area contributed by atoms with Gasteiger partial charge in [0.15, 0.2) is 11.5 Å². The van der Waals surface area contributed by atoms with Gasteiger partial charge in [-0.15, -0.1) is 0 Å². The number of benzene rings is 2. The van der Waals surface area contributed by atoms with Gasteiger partial charge in [-0.1, -0.05) is 18.2 Å². The van der Waals surface area contributed by atoms with Crippen molar-refractivity contribution in [2.24, 2.45) is 0 Å². The van der Waals surface area contributed by atoms with E-state index >= 15 is 0 Å². The lowest BCUT2D eigenvalue weighted by Gasteiger charge is -2.29. The molecule has 1 atom stereocenters. The summed E-state index contributed by atoms with van der Waals surface area (Å²) in [6, 6.07) is 10.5. The third-order valence-corrected chi connectivity index (χ3v) is 4.46. The van der Waals surface area contributed by atoms with Gasteiger partial charge in [0.1, 0.15) is 23.9 Å². The van der Waals surface area contributed by atoms with E-state index in [0.717, 1.165) is 0 Å². The average molecular weight is 356 g/mol. The summed E-state index contributed by atoms with van der Waals surface area (Å²) in [5.41, 5.74) is 1.22. The third kappa shape index (κ3) is 2.44. The Balaban J connectivity index is 1.99. The maximum absolute atomic E-state index is 12.0. The average Bonchev–Trinajstić information content (AvgIpc) is 3.11. The molecule has 4 rings (SSSR count). The Morgan fingerprint density at radius 3 is 2.58 bits per heavy atom. The molecule has 7 nitrogen and oxygen atoms in total. The minimum Gasteiger partial charge on any atom is -0.496 e. The van der Waals surface area contributed by atoms with Crippen molar-refractivity contribution in [2.75, 3.05) is 20.5 Å². The minimum absolute atomic E-state index is 0.0141. The van der Waals surface area contributed by atoms with Crippen molar-refractivity contribution in [2.45, 2.75) is 5.92 Å². The first-order valence-corrected chi connectivity index (χ1v) is 7.95. The van der Waals surface area contributed by atoms with Crippen molar-refractivity contribution < 1.29 is 34.0 Å². The molecule has 0 aliphatic carbocycles. The fourth-order valence-corrected chi connectivity index (χ4v) is 3.35. The molecule has 0 saturated heterocycles. The molecule has 0 aromatic heterocycles. The van der Waals surface area contributed by atoms with E-state index < -0.39 is 18.5 Å². The van der Waals surface area contributed by atoms with Gasteiger partial charge < -0.3 is 29.2 Å². The SMILES string of the molecule is COc1ccccc1[C@H]1C(C(=O)O)=C(CO)Oc2cc3c(cc21)OCO3. The van der Waals surface area contributed by atoms with Gasteiger partial charge in [0.2, 0.25) is 6.79 Å². The molecule has 2 aromatic rings. The summed E-state index contributed by atoms with van der Waals surface area (Å²) in [4.78, 5) is 12.0. The predicted octanol–water partition coefficient (Wildman–Crippen LogP) is 2.28. The zero-order valence-corrected chi connectivity index (χ0v) is 13.9. The molecule has 134 valence electrons. The lowest BCUT2D eigenvalue weighted by Crippen LogP contribution is -2.24. The van der Waals surface area contributed by atoms with Gasteiger partial charge in [0.25, 0.3) is 0 Å². The molecule has 0 fully saturated rings. The predicted molar refractivity (Wildman–Crippen MR) is 89.8 cm³/mol. The van der Waals surface area contributed by atoms with Crippen molar-refractivity contribution in [1.82, 2.24) is 0 Å². The number of ether oxygens (including phenoxy) is 4. The number of methoxy groups -OCH3 is 1. The molecule has 2 aromatic carbocycles. The molecule has 0 amide bonds. The maximum atomic E-state index is 12.0. The Labute approximate surface area is 149 Å². The van der Waals surface area contributed by atoms with E-state index in [9.17, 15) is 15.0 Å². The summed E-state index contributed by atoms with van der Waals surface area (Å²) in [6.45, 7) is -0.454. The highest BCUT2D eigenvalue weighted by Gasteiger charge is 2.38. The fourth-order valence-electron chi connectivity index (χ4n) is 3.35. The number of rotatable bonds is 4. The highest BCUT2D eigenvalue weighted by molar-refractivity contribution is 5.91. The van der Waals surface area contributed by atoms with E-state index in [0.29, 0.717) is 34.1 Å². The van der Waals surface area contributed by atoms with Crippen LogP contribution < -0.4 is 18.9 Å².